The van der Waals surface area contributed by atoms with E-state index in [1.165, 1.54) is 44.2 Å². The van der Waals surface area contributed by atoms with Gasteiger partial charge in [-0.3, -0.25) is 0 Å². The standard InChI is InChI=1S/C17H26FNO/c1-3-4-5-6-7-10-17(2)12-15(19)14-11-13(18)8-9-16(14)20-17/h8-9,11,15H,3-7,10,12,19H2,1-2H3/t15-,17?/m0/s1. The van der Waals surface area contributed by atoms with E-state index in [-0.39, 0.29) is 17.5 Å². The fourth-order valence-electron chi connectivity index (χ4n) is 3.04. The third-order valence-electron chi connectivity index (χ3n) is 4.19. The Morgan fingerprint density at radius 1 is 1.30 bits per heavy atom. The molecule has 1 heterocycles. The zero-order valence-electron chi connectivity index (χ0n) is 12.6. The number of benzene rings is 1. The Hall–Kier alpha value is -1.09. The molecule has 0 spiro atoms. The SMILES string of the molecule is CCCCCCCC1(C)C[C@H](N)c2cc(F)ccc2O1. The monoisotopic (exact) mass is 279 g/mol. The van der Waals surface area contributed by atoms with Crippen LogP contribution in [0.5, 0.6) is 5.75 Å². The maximum Gasteiger partial charge on any atom is 0.125 e. The van der Waals surface area contributed by atoms with Gasteiger partial charge < -0.3 is 10.5 Å². The van der Waals surface area contributed by atoms with Gasteiger partial charge in [0.25, 0.3) is 0 Å². The van der Waals surface area contributed by atoms with Crippen LogP contribution in [0, 0.1) is 5.82 Å². The summed E-state index contributed by atoms with van der Waals surface area (Å²) in [5.74, 6) is 0.507. The van der Waals surface area contributed by atoms with Crippen molar-refractivity contribution < 1.29 is 9.13 Å². The highest BCUT2D eigenvalue weighted by atomic mass is 19.1. The van der Waals surface area contributed by atoms with E-state index < -0.39 is 0 Å². The Bertz CT molecular complexity index is 449. The van der Waals surface area contributed by atoms with Crippen molar-refractivity contribution in [2.75, 3.05) is 0 Å². The summed E-state index contributed by atoms with van der Waals surface area (Å²) in [5.41, 5.74) is 6.78. The summed E-state index contributed by atoms with van der Waals surface area (Å²) < 4.78 is 19.4. The Labute approximate surface area is 121 Å². The van der Waals surface area contributed by atoms with E-state index in [2.05, 4.69) is 13.8 Å². The number of unbranched alkanes of at least 4 members (excludes halogenated alkanes) is 4. The highest BCUT2D eigenvalue weighted by Gasteiger charge is 2.35. The minimum atomic E-state index is -0.244. The summed E-state index contributed by atoms with van der Waals surface area (Å²) in [7, 11) is 0. The Kier molecular flexibility index (Phi) is 5.03. The van der Waals surface area contributed by atoms with Gasteiger partial charge in [0.15, 0.2) is 0 Å². The Balaban J connectivity index is 1.96. The molecule has 2 N–H and O–H groups in total. The molecule has 20 heavy (non-hydrogen) atoms. The number of rotatable bonds is 6. The molecule has 0 saturated carbocycles. The topological polar surface area (TPSA) is 35.2 Å². The van der Waals surface area contributed by atoms with Gasteiger partial charge in [-0.2, -0.15) is 0 Å². The molecule has 1 aromatic carbocycles. The molecule has 2 atom stereocenters. The predicted molar refractivity (Wildman–Crippen MR) is 80.4 cm³/mol. The molecule has 3 heteroatoms. The van der Waals surface area contributed by atoms with Crippen molar-refractivity contribution in [3.05, 3.63) is 29.6 Å². The van der Waals surface area contributed by atoms with E-state index in [9.17, 15) is 4.39 Å². The quantitative estimate of drug-likeness (QED) is 0.764. The molecule has 0 fully saturated rings. The molecule has 1 aliphatic rings. The first-order valence-electron chi connectivity index (χ1n) is 7.78. The molecule has 0 bridgehead atoms. The van der Waals surface area contributed by atoms with E-state index >= 15 is 0 Å². The van der Waals surface area contributed by atoms with Crippen LogP contribution < -0.4 is 10.5 Å². The van der Waals surface area contributed by atoms with E-state index in [0.29, 0.717) is 0 Å². The van der Waals surface area contributed by atoms with E-state index in [0.717, 1.165) is 24.2 Å². The molecular weight excluding hydrogens is 253 g/mol. The smallest absolute Gasteiger partial charge is 0.125 e. The lowest BCUT2D eigenvalue weighted by Crippen LogP contribution is -2.40. The summed E-state index contributed by atoms with van der Waals surface area (Å²) in [6, 6.07) is 4.52. The lowest BCUT2D eigenvalue weighted by molar-refractivity contribution is 0.0428. The van der Waals surface area contributed by atoms with Gasteiger partial charge in [0.2, 0.25) is 0 Å². The number of nitrogens with two attached hydrogens (primary N) is 1. The zero-order valence-corrected chi connectivity index (χ0v) is 12.6. The lowest BCUT2D eigenvalue weighted by atomic mass is 9.85. The summed E-state index contributed by atoms with van der Waals surface area (Å²) in [4.78, 5) is 0. The van der Waals surface area contributed by atoms with Crippen molar-refractivity contribution in [3.63, 3.8) is 0 Å². The highest BCUT2D eigenvalue weighted by molar-refractivity contribution is 5.39. The molecule has 0 amide bonds. The minimum absolute atomic E-state index is 0.130. The number of ether oxygens (including phenoxy) is 1. The summed E-state index contributed by atoms with van der Waals surface area (Å²) >= 11 is 0. The lowest BCUT2D eigenvalue weighted by Gasteiger charge is -2.39. The number of hydrogen-bond acceptors (Lipinski definition) is 2. The third kappa shape index (κ3) is 3.72. The molecule has 1 aliphatic heterocycles. The van der Waals surface area contributed by atoms with E-state index in [1.807, 2.05) is 0 Å². The molecule has 0 aliphatic carbocycles. The van der Waals surface area contributed by atoms with Gasteiger partial charge >= 0.3 is 0 Å². The maximum atomic E-state index is 13.3. The Morgan fingerprint density at radius 3 is 2.80 bits per heavy atom. The van der Waals surface area contributed by atoms with Crippen LogP contribution >= 0.6 is 0 Å². The average Bonchev–Trinajstić information content (AvgIpc) is 2.39. The van der Waals surface area contributed by atoms with Gasteiger partial charge in [-0.25, -0.2) is 4.39 Å². The van der Waals surface area contributed by atoms with Crippen LogP contribution in [0.25, 0.3) is 0 Å². The molecule has 112 valence electrons. The first-order valence-corrected chi connectivity index (χ1v) is 7.78. The van der Waals surface area contributed by atoms with Crippen LogP contribution in [0.3, 0.4) is 0 Å². The van der Waals surface area contributed by atoms with Gasteiger partial charge in [-0.15, -0.1) is 0 Å². The van der Waals surface area contributed by atoms with Crippen molar-refractivity contribution in [1.29, 1.82) is 0 Å². The van der Waals surface area contributed by atoms with Crippen LogP contribution in [0.4, 0.5) is 4.39 Å². The minimum Gasteiger partial charge on any atom is -0.487 e. The van der Waals surface area contributed by atoms with Gasteiger partial charge in [0, 0.05) is 18.0 Å². The average molecular weight is 279 g/mol. The molecule has 0 saturated heterocycles. The predicted octanol–water partition coefficient (Wildman–Crippen LogP) is 4.73. The van der Waals surface area contributed by atoms with E-state index in [1.54, 1.807) is 6.07 Å². The highest BCUT2D eigenvalue weighted by Crippen LogP contribution is 2.40. The molecule has 1 unspecified atom stereocenters. The van der Waals surface area contributed by atoms with Crippen molar-refractivity contribution in [3.8, 4) is 5.75 Å². The fourth-order valence-corrected chi connectivity index (χ4v) is 3.04. The van der Waals surface area contributed by atoms with Crippen LogP contribution in [-0.4, -0.2) is 5.60 Å². The number of hydrogen-bond donors (Lipinski definition) is 1. The van der Waals surface area contributed by atoms with E-state index in [4.69, 9.17) is 10.5 Å². The van der Waals surface area contributed by atoms with Gasteiger partial charge in [0.1, 0.15) is 17.2 Å². The first-order chi connectivity index (χ1) is 9.54. The summed E-state index contributed by atoms with van der Waals surface area (Å²) in [5, 5.41) is 0. The number of fused-ring (bicyclic) bond motifs is 1. The van der Waals surface area contributed by atoms with Gasteiger partial charge in [0.05, 0.1) is 0 Å². The van der Waals surface area contributed by atoms with Crippen LogP contribution in [0.15, 0.2) is 18.2 Å². The largest absolute Gasteiger partial charge is 0.487 e. The molecule has 0 radical (unpaired) electrons. The second kappa shape index (κ2) is 6.57. The van der Waals surface area contributed by atoms with Crippen molar-refractivity contribution in [1.82, 2.24) is 0 Å². The van der Waals surface area contributed by atoms with Crippen LogP contribution in [0.1, 0.15) is 70.4 Å². The molecular formula is C17H26FNO. The van der Waals surface area contributed by atoms with Crippen LogP contribution in [-0.2, 0) is 0 Å². The van der Waals surface area contributed by atoms with Gasteiger partial charge in [-0.1, -0.05) is 32.6 Å². The zero-order chi connectivity index (χ0) is 14.6. The number of halogens is 1. The molecule has 0 aromatic heterocycles. The summed E-state index contributed by atoms with van der Waals surface area (Å²) in [6.07, 6.45) is 8.05. The van der Waals surface area contributed by atoms with Crippen LogP contribution in [0.2, 0.25) is 0 Å². The third-order valence-corrected chi connectivity index (χ3v) is 4.19. The first kappa shape index (κ1) is 15.3. The van der Waals surface area contributed by atoms with Crippen molar-refractivity contribution in [2.45, 2.75) is 70.4 Å². The Morgan fingerprint density at radius 2 is 2.05 bits per heavy atom. The summed E-state index contributed by atoms with van der Waals surface area (Å²) in [6.45, 7) is 4.35. The van der Waals surface area contributed by atoms with Crippen molar-refractivity contribution >= 4 is 0 Å². The molecule has 2 nitrogen and oxygen atoms in total. The second-order valence-electron chi connectivity index (χ2n) is 6.21. The van der Waals surface area contributed by atoms with Gasteiger partial charge in [-0.05, 0) is 38.0 Å². The molecule has 1 aromatic rings. The second-order valence-corrected chi connectivity index (χ2v) is 6.21. The maximum absolute atomic E-state index is 13.3. The van der Waals surface area contributed by atoms with Crippen molar-refractivity contribution in [2.24, 2.45) is 5.73 Å². The normalized spacial score (nSPS) is 25.1. The fraction of sp³-hybridized carbons (Fsp3) is 0.647. The molecule has 2 rings (SSSR count).